The molecule has 0 saturated carbocycles. The van der Waals surface area contributed by atoms with Crippen LogP contribution in [0.3, 0.4) is 0 Å². The van der Waals surface area contributed by atoms with Gasteiger partial charge in [0.15, 0.2) is 0 Å². The minimum Gasteiger partial charge on any atom is -0.478 e. The zero-order valence-corrected chi connectivity index (χ0v) is 11.1. The Morgan fingerprint density at radius 3 is 2.42 bits per heavy atom. The number of para-hydroxylation sites is 1. The molecule has 2 aromatic carbocycles. The minimum absolute atomic E-state index is 0.297. The standard InChI is InChI=1S/C16H17NO2/c1-3-12-6-4-5-11(2)15(12)17-14-9-7-13(8-10-14)16(18)19/h4-10,17H,3H2,1-2H3,(H,18,19). The van der Waals surface area contributed by atoms with Crippen LogP contribution >= 0.6 is 0 Å². The Kier molecular flexibility index (Phi) is 3.85. The summed E-state index contributed by atoms with van der Waals surface area (Å²) < 4.78 is 0. The molecule has 0 spiro atoms. The van der Waals surface area contributed by atoms with Gasteiger partial charge in [0.25, 0.3) is 0 Å². The molecule has 0 amide bonds. The van der Waals surface area contributed by atoms with Crippen molar-refractivity contribution in [2.24, 2.45) is 0 Å². The van der Waals surface area contributed by atoms with Crippen LogP contribution < -0.4 is 5.32 Å². The van der Waals surface area contributed by atoms with Gasteiger partial charge in [0.1, 0.15) is 0 Å². The highest BCUT2D eigenvalue weighted by Gasteiger charge is 2.06. The maximum Gasteiger partial charge on any atom is 0.335 e. The van der Waals surface area contributed by atoms with E-state index in [0.717, 1.165) is 17.8 Å². The average Bonchev–Trinajstić information content (AvgIpc) is 2.41. The number of hydrogen-bond donors (Lipinski definition) is 2. The SMILES string of the molecule is CCc1cccc(C)c1Nc1ccc(C(=O)O)cc1. The molecule has 0 aliphatic carbocycles. The van der Waals surface area contributed by atoms with Crippen LogP contribution in [0.15, 0.2) is 42.5 Å². The van der Waals surface area contributed by atoms with E-state index >= 15 is 0 Å². The number of carboxylic acids is 1. The van der Waals surface area contributed by atoms with Gasteiger partial charge in [-0.2, -0.15) is 0 Å². The lowest BCUT2D eigenvalue weighted by atomic mass is 10.1. The Morgan fingerprint density at radius 1 is 1.16 bits per heavy atom. The highest BCUT2D eigenvalue weighted by atomic mass is 16.4. The van der Waals surface area contributed by atoms with Gasteiger partial charge in [-0.3, -0.25) is 0 Å². The maximum absolute atomic E-state index is 10.8. The molecule has 0 radical (unpaired) electrons. The van der Waals surface area contributed by atoms with Crippen LogP contribution in [0.2, 0.25) is 0 Å². The molecule has 3 heteroatoms. The second kappa shape index (κ2) is 5.57. The normalized spacial score (nSPS) is 10.2. The van der Waals surface area contributed by atoms with E-state index in [1.165, 1.54) is 11.1 Å². The predicted octanol–water partition coefficient (Wildman–Crippen LogP) is 4.00. The van der Waals surface area contributed by atoms with Crippen LogP contribution in [0.4, 0.5) is 11.4 Å². The molecule has 2 rings (SSSR count). The van der Waals surface area contributed by atoms with Crippen LogP contribution in [-0.4, -0.2) is 11.1 Å². The number of carbonyl (C=O) groups is 1. The number of aryl methyl sites for hydroxylation is 2. The first-order chi connectivity index (χ1) is 9.11. The Morgan fingerprint density at radius 2 is 1.84 bits per heavy atom. The van der Waals surface area contributed by atoms with Gasteiger partial charge in [-0.05, 0) is 48.7 Å². The molecule has 0 aromatic heterocycles. The first-order valence-electron chi connectivity index (χ1n) is 6.30. The Bertz CT molecular complexity index is 588. The van der Waals surface area contributed by atoms with Gasteiger partial charge in [-0.15, -0.1) is 0 Å². The van der Waals surface area contributed by atoms with Crippen molar-refractivity contribution in [1.29, 1.82) is 0 Å². The summed E-state index contributed by atoms with van der Waals surface area (Å²) in [6.45, 7) is 4.18. The zero-order chi connectivity index (χ0) is 13.8. The second-order valence-electron chi connectivity index (χ2n) is 4.47. The third-order valence-electron chi connectivity index (χ3n) is 3.14. The van der Waals surface area contributed by atoms with Crippen molar-refractivity contribution in [1.82, 2.24) is 0 Å². The second-order valence-corrected chi connectivity index (χ2v) is 4.47. The van der Waals surface area contributed by atoms with Gasteiger partial charge in [0.05, 0.1) is 5.56 Å². The monoisotopic (exact) mass is 255 g/mol. The molecule has 2 aromatic rings. The van der Waals surface area contributed by atoms with Gasteiger partial charge in [0.2, 0.25) is 0 Å². The average molecular weight is 255 g/mol. The highest BCUT2D eigenvalue weighted by Crippen LogP contribution is 2.25. The number of anilines is 2. The molecular weight excluding hydrogens is 238 g/mol. The number of hydrogen-bond acceptors (Lipinski definition) is 2. The first-order valence-corrected chi connectivity index (χ1v) is 6.30. The van der Waals surface area contributed by atoms with Gasteiger partial charge in [-0.25, -0.2) is 4.79 Å². The Labute approximate surface area is 112 Å². The number of benzene rings is 2. The van der Waals surface area contributed by atoms with E-state index in [0.29, 0.717) is 5.56 Å². The van der Waals surface area contributed by atoms with Crippen LogP contribution in [-0.2, 0) is 6.42 Å². The largest absolute Gasteiger partial charge is 0.478 e. The minimum atomic E-state index is -0.906. The lowest BCUT2D eigenvalue weighted by Gasteiger charge is -2.14. The summed E-state index contributed by atoms with van der Waals surface area (Å²) in [5.74, 6) is -0.906. The van der Waals surface area contributed by atoms with Gasteiger partial charge < -0.3 is 10.4 Å². The number of nitrogens with one attached hydrogen (secondary N) is 1. The van der Waals surface area contributed by atoms with E-state index in [1.807, 2.05) is 6.07 Å². The fourth-order valence-electron chi connectivity index (χ4n) is 2.04. The van der Waals surface area contributed by atoms with Crippen molar-refractivity contribution >= 4 is 17.3 Å². The summed E-state index contributed by atoms with van der Waals surface area (Å²) in [5.41, 5.74) is 4.73. The number of carboxylic acid groups (broad SMARTS) is 1. The van der Waals surface area contributed by atoms with Crippen molar-refractivity contribution in [3.63, 3.8) is 0 Å². The molecule has 19 heavy (non-hydrogen) atoms. The summed E-state index contributed by atoms with van der Waals surface area (Å²) >= 11 is 0. The molecule has 0 bridgehead atoms. The molecule has 0 atom stereocenters. The molecule has 0 heterocycles. The number of aromatic carboxylic acids is 1. The fraction of sp³-hybridized carbons (Fsp3) is 0.188. The molecule has 2 N–H and O–H groups in total. The summed E-state index contributed by atoms with van der Waals surface area (Å²) in [7, 11) is 0. The molecule has 0 fully saturated rings. The fourth-order valence-corrected chi connectivity index (χ4v) is 2.04. The van der Waals surface area contributed by atoms with Crippen molar-refractivity contribution in [2.45, 2.75) is 20.3 Å². The number of rotatable bonds is 4. The highest BCUT2D eigenvalue weighted by molar-refractivity contribution is 5.88. The lowest BCUT2D eigenvalue weighted by Crippen LogP contribution is -1.99. The molecule has 0 unspecified atom stereocenters. The van der Waals surface area contributed by atoms with E-state index in [-0.39, 0.29) is 0 Å². The van der Waals surface area contributed by atoms with E-state index < -0.39 is 5.97 Å². The van der Waals surface area contributed by atoms with E-state index in [4.69, 9.17) is 5.11 Å². The van der Waals surface area contributed by atoms with Crippen LogP contribution in [0.5, 0.6) is 0 Å². The van der Waals surface area contributed by atoms with Gasteiger partial charge in [-0.1, -0.05) is 25.1 Å². The predicted molar refractivity (Wildman–Crippen MR) is 77.2 cm³/mol. The lowest BCUT2D eigenvalue weighted by molar-refractivity contribution is 0.0697. The molecule has 0 aliphatic rings. The Hall–Kier alpha value is -2.29. The summed E-state index contributed by atoms with van der Waals surface area (Å²) in [5, 5.41) is 12.2. The van der Waals surface area contributed by atoms with Gasteiger partial charge in [0, 0.05) is 11.4 Å². The maximum atomic E-state index is 10.8. The topological polar surface area (TPSA) is 49.3 Å². The van der Waals surface area contributed by atoms with Crippen molar-refractivity contribution in [3.05, 3.63) is 59.2 Å². The summed E-state index contributed by atoms with van der Waals surface area (Å²) in [6.07, 6.45) is 0.956. The van der Waals surface area contributed by atoms with E-state index in [2.05, 4.69) is 31.3 Å². The third-order valence-corrected chi connectivity index (χ3v) is 3.14. The first kappa shape index (κ1) is 13.1. The van der Waals surface area contributed by atoms with Crippen LogP contribution in [0, 0.1) is 6.92 Å². The third kappa shape index (κ3) is 2.94. The Balaban J connectivity index is 2.28. The quantitative estimate of drug-likeness (QED) is 0.868. The van der Waals surface area contributed by atoms with Crippen molar-refractivity contribution < 1.29 is 9.90 Å². The zero-order valence-electron chi connectivity index (χ0n) is 11.1. The smallest absolute Gasteiger partial charge is 0.335 e. The molecule has 3 nitrogen and oxygen atoms in total. The molecular formula is C16H17NO2. The van der Waals surface area contributed by atoms with Gasteiger partial charge >= 0.3 is 5.97 Å². The summed E-state index contributed by atoms with van der Waals surface area (Å²) in [6, 6.07) is 13.0. The molecule has 98 valence electrons. The van der Waals surface area contributed by atoms with E-state index in [9.17, 15) is 4.79 Å². The summed E-state index contributed by atoms with van der Waals surface area (Å²) in [4.78, 5) is 10.8. The van der Waals surface area contributed by atoms with E-state index in [1.54, 1.807) is 24.3 Å². The van der Waals surface area contributed by atoms with Crippen molar-refractivity contribution in [3.8, 4) is 0 Å². The van der Waals surface area contributed by atoms with Crippen molar-refractivity contribution in [2.75, 3.05) is 5.32 Å². The van der Waals surface area contributed by atoms with Crippen LogP contribution in [0.25, 0.3) is 0 Å². The molecule has 0 aliphatic heterocycles. The van der Waals surface area contributed by atoms with Crippen LogP contribution in [0.1, 0.15) is 28.4 Å². The molecule has 0 saturated heterocycles.